The molecule has 0 saturated heterocycles. The number of hydrogen-bond acceptors (Lipinski definition) is 2. The Labute approximate surface area is 112 Å². The maximum Gasteiger partial charge on any atom is 0.133 e. The molecule has 1 aliphatic carbocycles. The molecule has 1 N–H and O–H groups in total. The van der Waals surface area contributed by atoms with Gasteiger partial charge < -0.3 is 10.1 Å². The van der Waals surface area contributed by atoms with Gasteiger partial charge in [-0.15, -0.1) is 0 Å². The van der Waals surface area contributed by atoms with Gasteiger partial charge in [0.2, 0.25) is 0 Å². The SMILES string of the molecule is COc1ccc(NC2CCCCCC2)cc1Br. The first kappa shape index (κ1) is 12.7. The predicted molar refractivity (Wildman–Crippen MR) is 75.8 cm³/mol. The van der Waals surface area contributed by atoms with E-state index in [1.807, 2.05) is 6.07 Å². The van der Waals surface area contributed by atoms with Gasteiger partial charge in [0.05, 0.1) is 11.6 Å². The average Bonchev–Trinajstić information content (AvgIpc) is 2.58. The zero-order valence-corrected chi connectivity index (χ0v) is 11.9. The summed E-state index contributed by atoms with van der Waals surface area (Å²) in [6, 6.07) is 6.83. The van der Waals surface area contributed by atoms with Gasteiger partial charge in [-0.05, 0) is 47.0 Å². The van der Waals surface area contributed by atoms with Crippen LogP contribution in [0.4, 0.5) is 5.69 Å². The van der Waals surface area contributed by atoms with Gasteiger partial charge >= 0.3 is 0 Å². The minimum atomic E-state index is 0.637. The van der Waals surface area contributed by atoms with E-state index in [-0.39, 0.29) is 0 Å². The Balaban J connectivity index is 1.99. The van der Waals surface area contributed by atoms with Crippen molar-refractivity contribution in [1.29, 1.82) is 0 Å². The molecule has 0 aromatic heterocycles. The fourth-order valence-corrected chi connectivity index (χ4v) is 2.96. The third-order valence-corrected chi connectivity index (χ3v) is 4.00. The minimum absolute atomic E-state index is 0.637. The molecule has 1 aliphatic rings. The van der Waals surface area contributed by atoms with E-state index in [0.29, 0.717) is 6.04 Å². The molecule has 3 heteroatoms. The lowest BCUT2D eigenvalue weighted by Crippen LogP contribution is -2.18. The van der Waals surface area contributed by atoms with Gasteiger partial charge in [0.25, 0.3) is 0 Å². The Hall–Kier alpha value is -0.700. The first-order valence-corrected chi connectivity index (χ1v) is 7.19. The van der Waals surface area contributed by atoms with Crippen LogP contribution in [0.2, 0.25) is 0 Å². The van der Waals surface area contributed by atoms with E-state index in [2.05, 4.69) is 33.4 Å². The summed E-state index contributed by atoms with van der Waals surface area (Å²) in [5.74, 6) is 0.886. The summed E-state index contributed by atoms with van der Waals surface area (Å²) < 4.78 is 6.25. The van der Waals surface area contributed by atoms with Gasteiger partial charge in [0.15, 0.2) is 0 Å². The Morgan fingerprint density at radius 2 is 1.88 bits per heavy atom. The first-order valence-electron chi connectivity index (χ1n) is 6.39. The molecule has 1 aromatic rings. The van der Waals surface area contributed by atoms with Crippen molar-refractivity contribution in [3.8, 4) is 5.75 Å². The molecule has 1 aromatic carbocycles. The predicted octanol–water partition coefficient (Wildman–Crippen LogP) is 4.59. The Kier molecular flexibility index (Phi) is 4.72. The summed E-state index contributed by atoms with van der Waals surface area (Å²) in [4.78, 5) is 0. The highest BCUT2D eigenvalue weighted by Gasteiger charge is 2.12. The summed E-state index contributed by atoms with van der Waals surface area (Å²) >= 11 is 3.52. The maximum absolute atomic E-state index is 5.24. The van der Waals surface area contributed by atoms with Crippen LogP contribution in [-0.2, 0) is 0 Å². The number of nitrogens with one attached hydrogen (secondary N) is 1. The Morgan fingerprint density at radius 1 is 1.18 bits per heavy atom. The molecule has 0 aliphatic heterocycles. The number of hydrogen-bond donors (Lipinski definition) is 1. The van der Waals surface area contributed by atoms with Crippen LogP contribution in [0.5, 0.6) is 5.75 Å². The normalized spacial score (nSPS) is 17.5. The van der Waals surface area contributed by atoms with E-state index >= 15 is 0 Å². The van der Waals surface area contributed by atoms with Crippen molar-refractivity contribution in [1.82, 2.24) is 0 Å². The second-order valence-corrected chi connectivity index (χ2v) is 5.54. The molecule has 0 bridgehead atoms. The van der Waals surface area contributed by atoms with E-state index < -0.39 is 0 Å². The van der Waals surface area contributed by atoms with Crippen LogP contribution in [-0.4, -0.2) is 13.2 Å². The topological polar surface area (TPSA) is 21.3 Å². The maximum atomic E-state index is 5.24. The lowest BCUT2D eigenvalue weighted by Gasteiger charge is -2.18. The van der Waals surface area contributed by atoms with Crippen LogP contribution in [0.15, 0.2) is 22.7 Å². The molecule has 0 amide bonds. The molecule has 17 heavy (non-hydrogen) atoms. The molecule has 0 spiro atoms. The first-order chi connectivity index (χ1) is 8.29. The smallest absolute Gasteiger partial charge is 0.133 e. The largest absolute Gasteiger partial charge is 0.496 e. The van der Waals surface area contributed by atoms with Crippen molar-refractivity contribution in [2.75, 3.05) is 12.4 Å². The molecular formula is C14H20BrNO. The minimum Gasteiger partial charge on any atom is -0.496 e. The third-order valence-electron chi connectivity index (χ3n) is 3.38. The molecular weight excluding hydrogens is 278 g/mol. The lowest BCUT2D eigenvalue weighted by molar-refractivity contribution is 0.412. The fourth-order valence-electron chi connectivity index (χ4n) is 2.42. The second kappa shape index (κ2) is 6.29. The Morgan fingerprint density at radius 3 is 2.47 bits per heavy atom. The van der Waals surface area contributed by atoms with Gasteiger partial charge in [-0.1, -0.05) is 25.7 Å². The number of halogens is 1. The number of benzene rings is 1. The van der Waals surface area contributed by atoms with Crippen LogP contribution in [0.25, 0.3) is 0 Å². The van der Waals surface area contributed by atoms with E-state index in [1.165, 1.54) is 44.2 Å². The lowest BCUT2D eigenvalue weighted by atomic mass is 10.1. The van der Waals surface area contributed by atoms with Crippen molar-refractivity contribution in [3.05, 3.63) is 22.7 Å². The van der Waals surface area contributed by atoms with Crippen LogP contribution < -0.4 is 10.1 Å². The van der Waals surface area contributed by atoms with E-state index in [4.69, 9.17) is 4.74 Å². The molecule has 1 saturated carbocycles. The number of rotatable bonds is 3. The van der Waals surface area contributed by atoms with Crippen molar-refractivity contribution in [2.24, 2.45) is 0 Å². The summed E-state index contributed by atoms with van der Waals surface area (Å²) in [7, 11) is 1.69. The third kappa shape index (κ3) is 3.63. The van der Waals surface area contributed by atoms with Crippen LogP contribution in [0, 0.1) is 0 Å². The van der Waals surface area contributed by atoms with Crippen LogP contribution >= 0.6 is 15.9 Å². The molecule has 94 valence electrons. The van der Waals surface area contributed by atoms with E-state index in [9.17, 15) is 0 Å². The van der Waals surface area contributed by atoms with Crippen molar-refractivity contribution in [2.45, 2.75) is 44.6 Å². The van der Waals surface area contributed by atoms with Gasteiger partial charge in [-0.25, -0.2) is 0 Å². The molecule has 1 fully saturated rings. The van der Waals surface area contributed by atoms with Crippen molar-refractivity contribution in [3.63, 3.8) is 0 Å². The summed E-state index contributed by atoms with van der Waals surface area (Å²) in [6.07, 6.45) is 8.09. The summed E-state index contributed by atoms with van der Waals surface area (Å²) in [5.41, 5.74) is 1.18. The quantitative estimate of drug-likeness (QED) is 0.824. The number of methoxy groups -OCH3 is 1. The van der Waals surface area contributed by atoms with E-state index in [0.717, 1.165) is 10.2 Å². The standard InChI is InChI=1S/C14H20BrNO/c1-17-14-9-8-12(10-13(14)15)16-11-6-4-2-3-5-7-11/h8-11,16H,2-7H2,1H3. The van der Waals surface area contributed by atoms with Gasteiger partial charge in [-0.3, -0.25) is 0 Å². The van der Waals surface area contributed by atoms with Crippen molar-refractivity contribution < 1.29 is 4.74 Å². The monoisotopic (exact) mass is 297 g/mol. The molecule has 2 rings (SSSR count). The second-order valence-electron chi connectivity index (χ2n) is 4.68. The van der Waals surface area contributed by atoms with Crippen LogP contribution in [0.3, 0.4) is 0 Å². The highest BCUT2D eigenvalue weighted by Crippen LogP contribution is 2.29. The highest BCUT2D eigenvalue weighted by molar-refractivity contribution is 9.10. The van der Waals surface area contributed by atoms with Crippen molar-refractivity contribution >= 4 is 21.6 Å². The average molecular weight is 298 g/mol. The Bertz CT molecular complexity index is 359. The van der Waals surface area contributed by atoms with Crippen LogP contribution in [0.1, 0.15) is 38.5 Å². The summed E-state index contributed by atoms with van der Waals surface area (Å²) in [6.45, 7) is 0. The van der Waals surface area contributed by atoms with Gasteiger partial charge in [-0.2, -0.15) is 0 Å². The molecule has 0 radical (unpaired) electrons. The number of ether oxygens (including phenoxy) is 1. The number of anilines is 1. The molecule has 2 nitrogen and oxygen atoms in total. The zero-order chi connectivity index (χ0) is 12.1. The summed E-state index contributed by atoms with van der Waals surface area (Å²) in [5, 5.41) is 3.63. The molecule has 0 unspecified atom stereocenters. The fraction of sp³-hybridized carbons (Fsp3) is 0.571. The van der Waals surface area contributed by atoms with Gasteiger partial charge in [0, 0.05) is 11.7 Å². The van der Waals surface area contributed by atoms with Gasteiger partial charge in [0.1, 0.15) is 5.75 Å². The zero-order valence-electron chi connectivity index (χ0n) is 10.3. The molecule has 0 atom stereocenters. The molecule has 0 heterocycles. The highest BCUT2D eigenvalue weighted by atomic mass is 79.9. The van der Waals surface area contributed by atoms with E-state index in [1.54, 1.807) is 7.11 Å².